The van der Waals surface area contributed by atoms with Crippen molar-refractivity contribution < 1.29 is 0 Å². The van der Waals surface area contributed by atoms with Gasteiger partial charge in [0.15, 0.2) is 0 Å². The summed E-state index contributed by atoms with van der Waals surface area (Å²) in [7, 11) is 2.11. The van der Waals surface area contributed by atoms with Crippen molar-refractivity contribution in [1.82, 2.24) is 14.9 Å². The lowest BCUT2D eigenvalue weighted by molar-refractivity contribution is 0.251. The van der Waals surface area contributed by atoms with Crippen molar-refractivity contribution in [2.45, 2.75) is 18.8 Å². The number of nitrogens with one attached hydrogen (secondary N) is 1. The van der Waals surface area contributed by atoms with Gasteiger partial charge < -0.3 is 9.88 Å². The lowest BCUT2D eigenvalue weighted by atomic mass is 9.96. The molecule has 19 heavy (non-hydrogen) atoms. The SMILES string of the molecule is CN1CCC(c2nc3c(Cl)cccc3c(=O)[nH]2)CC1. The zero-order valence-corrected chi connectivity index (χ0v) is 11.6. The average molecular weight is 278 g/mol. The molecule has 1 aromatic heterocycles. The summed E-state index contributed by atoms with van der Waals surface area (Å²) in [6.07, 6.45) is 2.05. The monoisotopic (exact) mass is 277 g/mol. The number of rotatable bonds is 1. The van der Waals surface area contributed by atoms with Crippen molar-refractivity contribution in [2.24, 2.45) is 0 Å². The smallest absolute Gasteiger partial charge is 0.258 e. The van der Waals surface area contributed by atoms with Crippen molar-refractivity contribution in [2.75, 3.05) is 20.1 Å². The van der Waals surface area contributed by atoms with Crippen LogP contribution in [0.15, 0.2) is 23.0 Å². The highest BCUT2D eigenvalue weighted by Gasteiger charge is 2.21. The minimum Gasteiger partial charge on any atom is -0.310 e. The van der Waals surface area contributed by atoms with Gasteiger partial charge in [0.2, 0.25) is 0 Å². The third-order valence-electron chi connectivity index (χ3n) is 3.81. The standard InChI is InChI=1S/C14H16ClN3O/c1-18-7-5-9(6-8-18)13-16-12-10(14(19)17-13)3-2-4-11(12)15/h2-4,9H,5-8H2,1H3,(H,16,17,19). The number of nitrogens with zero attached hydrogens (tertiary/aromatic N) is 2. The Bertz CT molecular complexity index is 659. The quantitative estimate of drug-likeness (QED) is 0.871. The van der Waals surface area contributed by atoms with Crippen molar-refractivity contribution in [3.05, 3.63) is 39.4 Å². The van der Waals surface area contributed by atoms with Gasteiger partial charge in [-0.1, -0.05) is 17.7 Å². The highest BCUT2D eigenvalue weighted by Crippen LogP contribution is 2.26. The van der Waals surface area contributed by atoms with Gasteiger partial charge in [-0.15, -0.1) is 0 Å². The normalized spacial score (nSPS) is 18.0. The van der Waals surface area contributed by atoms with Crippen LogP contribution in [0.2, 0.25) is 5.02 Å². The van der Waals surface area contributed by atoms with E-state index in [1.807, 2.05) is 0 Å². The number of hydrogen-bond donors (Lipinski definition) is 1. The Kier molecular flexibility index (Phi) is 3.29. The Morgan fingerprint density at radius 2 is 2.11 bits per heavy atom. The maximum absolute atomic E-state index is 12.1. The summed E-state index contributed by atoms with van der Waals surface area (Å²) in [6.45, 7) is 2.07. The average Bonchev–Trinajstić information content (AvgIpc) is 2.41. The van der Waals surface area contributed by atoms with E-state index in [9.17, 15) is 4.79 Å². The summed E-state index contributed by atoms with van der Waals surface area (Å²) in [4.78, 5) is 21.9. The molecule has 0 saturated carbocycles. The first-order valence-corrected chi connectivity index (χ1v) is 6.90. The second-order valence-electron chi connectivity index (χ2n) is 5.16. The fourth-order valence-electron chi connectivity index (χ4n) is 2.62. The molecule has 2 heterocycles. The van der Waals surface area contributed by atoms with E-state index in [1.54, 1.807) is 18.2 Å². The molecule has 2 aromatic rings. The largest absolute Gasteiger partial charge is 0.310 e. The maximum atomic E-state index is 12.1. The number of benzene rings is 1. The molecule has 0 unspecified atom stereocenters. The third-order valence-corrected chi connectivity index (χ3v) is 4.12. The fraction of sp³-hybridized carbons (Fsp3) is 0.429. The van der Waals surface area contributed by atoms with Crippen LogP contribution in [-0.4, -0.2) is 35.0 Å². The summed E-state index contributed by atoms with van der Waals surface area (Å²) in [6, 6.07) is 5.30. The van der Waals surface area contributed by atoms with Crippen LogP contribution in [0.5, 0.6) is 0 Å². The Hall–Kier alpha value is -1.39. The molecule has 100 valence electrons. The number of H-pyrrole nitrogens is 1. The number of aromatic nitrogens is 2. The van der Waals surface area contributed by atoms with Crippen LogP contribution in [0.25, 0.3) is 10.9 Å². The van der Waals surface area contributed by atoms with Crippen LogP contribution in [-0.2, 0) is 0 Å². The van der Waals surface area contributed by atoms with Crippen LogP contribution in [0, 0.1) is 0 Å². The Morgan fingerprint density at radius 3 is 2.84 bits per heavy atom. The molecule has 0 atom stereocenters. The Labute approximate surface area is 116 Å². The molecule has 5 heteroatoms. The number of halogens is 1. The van der Waals surface area contributed by atoms with Crippen LogP contribution in [0.3, 0.4) is 0 Å². The van der Waals surface area contributed by atoms with Crippen molar-refractivity contribution in [1.29, 1.82) is 0 Å². The van der Waals surface area contributed by atoms with E-state index >= 15 is 0 Å². The van der Waals surface area contributed by atoms with E-state index < -0.39 is 0 Å². The molecule has 1 fully saturated rings. The summed E-state index contributed by atoms with van der Waals surface area (Å²) < 4.78 is 0. The summed E-state index contributed by atoms with van der Waals surface area (Å²) in [5.74, 6) is 1.10. The summed E-state index contributed by atoms with van der Waals surface area (Å²) >= 11 is 6.14. The van der Waals surface area contributed by atoms with Gasteiger partial charge in [-0.25, -0.2) is 4.98 Å². The first-order chi connectivity index (χ1) is 9.15. The summed E-state index contributed by atoms with van der Waals surface area (Å²) in [5, 5.41) is 1.10. The van der Waals surface area contributed by atoms with Crippen molar-refractivity contribution in [3.63, 3.8) is 0 Å². The molecule has 1 aliphatic heterocycles. The van der Waals surface area contributed by atoms with Gasteiger partial charge in [-0.05, 0) is 45.1 Å². The van der Waals surface area contributed by atoms with E-state index in [-0.39, 0.29) is 5.56 Å². The molecular formula is C14H16ClN3O. The van der Waals surface area contributed by atoms with Gasteiger partial charge in [0.1, 0.15) is 5.82 Å². The van der Waals surface area contributed by atoms with Gasteiger partial charge in [-0.2, -0.15) is 0 Å². The molecule has 0 aliphatic carbocycles. The molecule has 0 amide bonds. The van der Waals surface area contributed by atoms with Crippen LogP contribution in [0.4, 0.5) is 0 Å². The Balaban J connectivity index is 2.06. The summed E-state index contributed by atoms with van der Waals surface area (Å²) in [5.41, 5.74) is 0.517. The van der Waals surface area contributed by atoms with Gasteiger partial charge in [-0.3, -0.25) is 4.79 Å². The third kappa shape index (κ3) is 2.38. The van der Waals surface area contributed by atoms with E-state index in [2.05, 4.69) is 21.9 Å². The number of likely N-dealkylation sites (tertiary alicyclic amines) is 1. The zero-order chi connectivity index (χ0) is 13.4. The minimum absolute atomic E-state index is 0.0959. The molecule has 4 nitrogen and oxygen atoms in total. The highest BCUT2D eigenvalue weighted by molar-refractivity contribution is 6.34. The fourth-order valence-corrected chi connectivity index (χ4v) is 2.84. The molecule has 0 spiro atoms. The van der Waals surface area contributed by atoms with Crippen molar-refractivity contribution >= 4 is 22.5 Å². The Morgan fingerprint density at radius 1 is 1.37 bits per heavy atom. The highest BCUT2D eigenvalue weighted by atomic mass is 35.5. The predicted octanol–water partition coefficient (Wildman–Crippen LogP) is 2.39. The van der Waals surface area contributed by atoms with Gasteiger partial charge >= 0.3 is 0 Å². The van der Waals surface area contributed by atoms with E-state index in [0.29, 0.717) is 21.8 Å². The number of para-hydroxylation sites is 1. The van der Waals surface area contributed by atoms with Gasteiger partial charge in [0.25, 0.3) is 5.56 Å². The molecular weight excluding hydrogens is 262 g/mol. The van der Waals surface area contributed by atoms with Crippen LogP contribution >= 0.6 is 11.6 Å². The zero-order valence-electron chi connectivity index (χ0n) is 10.8. The second-order valence-corrected chi connectivity index (χ2v) is 5.57. The maximum Gasteiger partial charge on any atom is 0.258 e. The van der Waals surface area contributed by atoms with Crippen molar-refractivity contribution in [3.8, 4) is 0 Å². The molecule has 1 aromatic carbocycles. The van der Waals surface area contributed by atoms with E-state index in [4.69, 9.17) is 11.6 Å². The second kappa shape index (κ2) is 4.94. The lowest BCUT2D eigenvalue weighted by Gasteiger charge is -2.28. The van der Waals surface area contributed by atoms with Gasteiger partial charge in [0.05, 0.1) is 15.9 Å². The first-order valence-electron chi connectivity index (χ1n) is 6.52. The first kappa shape index (κ1) is 12.6. The number of fused-ring (bicyclic) bond motifs is 1. The van der Waals surface area contributed by atoms with Crippen LogP contribution < -0.4 is 5.56 Å². The number of aromatic amines is 1. The molecule has 1 N–H and O–H groups in total. The molecule has 3 rings (SSSR count). The number of hydrogen-bond acceptors (Lipinski definition) is 3. The molecule has 0 bridgehead atoms. The lowest BCUT2D eigenvalue weighted by Crippen LogP contribution is -2.30. The predicted molar refractivity (Wildman–Crippen MR) is 76.8 cm³/mol. The van der Waals surface area contributed by atoms with E-state index in [1.165, 1.54) is 0 Å². The van der Waals surface area contributed by atoms with Crippen LogP contribution in [0.1, 0.15) is 24.6 Å². The number of piperidine rings is 1. The molecule has 1 aliphatic rings. The topological polar surface area (TPSA) is 49.0 Å². The molecule has 1 saturated heterocycles. The van der Waals surface area contributed by atoms with E-state index in [0.717, 1.165) is 31.8 Å². The van der Waals surface area contributed by atoms with Gasteiger partial charge in [0, 0.05) is 5.92 Å². The molecule has 0 radical (unpaired) electrons. The minimum atomic E-state index is -0.0959.